The second kappa shape index (κ2) is 9.45. The summed E-state index contributed by atoms with van der Waals surface area (Å²) >= 11 is 0. The van der Waals surface area contributed by atoms with Gasteiger partial charge >= 0.3 is 0 Å². The highest BCUT2D eigenvalue weighted by molar-refractivity contribution is 5.99. The van der Waals surface area contributed by atoms with E-state index in [2.05, 4.69) is 26.2 Å². The number of allylic oxidation sites excluding steroid dienone is 1. The van der Waals surface area contributed by atoms with Gasteiger partial charge in [-0.15, -0.1) is 0 Å². The number of nitrogens with zero attached hydrogens (tertiary/aromatic N) is 5. The topological polar surface area (TPSA) is 94.3 Å². The molecular formula is C27H28N6O2. The standard InChI is InChI=1S/C27H28N6O2/c1-18-6-5-8-22(19(18)2)29-25(34)17-32-12-10-31(11-13-32)16-20-14-26(35)33-24-9-4-3-7-23(24)30-27(33)21(20)15-28/h3-9,14,21H,10-13,16-17H2,1-2H3,(H,29,34)/t21-/m1/s1. The van der Waals surface area contributed by atoms with E-state index in [1.165, 1.54) is 0 Å². The van der Waals surface area contributed by atoms with Crippen molar-refractivity contribution in [3.63, 3.8) is 0 Å². The molecule has 178 valence electrons. The second-order valence-corrected chi connectivity index (χ2v) is 9.26. The molecule has 1 N–H and O–H groups in total. The minimum Gasteiger partial charge on any atom is -0.325 e. The van der Waals surface area contributed by atoms with Gasteiger partial charge in [0.25, 0.3) is 5.91 Å². The summed E-state index contributed by atoms with van der Waals surface area (Å²) in [7, 11) is 0. The maximum Gasteiger partial charge on any atom is 0.256 e. The molecule has 0 spiro atoms. The maximum absolute atomic E-state index is 12.9. The Bertz CT molecular complexity index is 1370. The summed E-state index contributed by atoms with van der Waals surface area (Å²) in [6, 6.07) is 15.7. The lowest BCUT2D eigenvalue weighted by Gasteiger charge is -2.35. The number of benzene rings is 2. The average molecular weight is 469 g/mol. The quantitative estimate of drug-likeness (QED) is 0.618. The number of aryl methyl sites for hydroxylation is 1. The van der Waals surface area contributed by atoms with Crippen molar-refractivity contribution in [1.82, 2.24) is 19.4 Å². The molecule has 0 bridgehead atoms. The highest BCUT2D eigenvalue weighted by atomic mass is 16.2. The van der Waals surface area contributed by atoms with Crippen molar-refractivity contribution in [3.8, 4) is 6.07 Å². The molecule has 0 unspecified atom stereocenters. The highest BCUT2D eigenvalue weighted by Crippen LogP contribution is 2.31. The largest absolute Gasteiger partial charge is 0.325 e. The Hall–Kier alpha value is -3.80. The molecule has 5 rings (SSSR count). The summed E-state index contributed by atoms with van der Waals surface area (Å²) in [5, 5.41) is 12.9. The van der Waals surface area contributed by atoms with Crippen LogP contribution in [0.4, 0.5) is 5.69 Å². The summed E-state index contributed by atoms with van der Waals surface area (Å²) in [5.41, 5.74) is 5.33. The second-order valence-electron chi connectivity index (χ2n) is 9.26. The summed E-state index contributed by atoms with van der Waals surface area (Å²) in [6.45, 7) is 7.94. The average Bonchev–Trinajstić information content (AvgIpc) is 3.23. The van der Waals surface area contributed by atoms with Crippen LogP contribution in [0.1, 0.15) is 27.7 Å². The first-order valence-corrected chi connectivity index (χ1v) is 11.9. The number of fused-ring (bicyclic) bond motifs is 3. The molecule has 1 amide bonds. The Balaban J connectivity index is 1.20. The van der Waals surface area contributed by atoms with Gasteiger partial charge in [0.1, 0.15) is 11.7 Å². The number of imidazole rings is 1. The van der Waals surface area contributed by atoms with Crippen molar-refractivity contribution in [1.29, 1.82) is 5.26 Å². The van der Waals surface area contributed by atoms with Gasteiger partial charge in [-0.3, -0.25) is 24.0 Å². The van der Waals surface area contributed by atoms with Gasteiger partial charge in [-0.25, -0.2) is 4.98 Å². The monoisotopic (exact) mass is 468 g/mol. The van der Waals surface area contributed by atoms with Gasteiger partial charge in [-0.2, -0.15) is 5.26 Å². The van der Waals surface area contributed by atoms with Crippen LogP contribution in [-0.2, 0) is 4.79 Å². The van der Waals surface area contributed by atoms with Gasteiger partial charge in [0.05, 0.1) is 23.6 Å². The molecule has 0 saturated carbocycles. The van der Waals surface area contributed by atoms with Crippen molar-refractivity contribution in [2.75, 3.05) is 44.6 Å². The minimum atomic E-state index is -0.554. The number of piperazine rings is 1. The molecule has 2 aliphatic heterocycles. The lowest BCUT2D eigenvalue weighted by atomic mass is 9.95. The first-order valence-electron chi connectivity index (χ1n) is 11.9. The number of para-hydroxylation sites is 2. The molecule has 1 atom stereocenters. The van der Waals surface area contributed by atoms with Crippen LogP contribution in [0, 0.1) is 25.2 Å². The smallest absolute Gasteiger partial charge is 0.256 e. The van der Waals surface area contributed by atoms with Gasteiger partial charge < -0.3 is 5.32 Å². The number of carbonyl (C=O) groups is 2. The van der Waals surface area contributed by atoms with E-state index >= 15 is 0 Å². The molecule has 35 heavy (non-hydrogen) atoms. The van der Waals surface area contributed by atoms with Crippen molar-refractivity contribution in [2.24, 2.45) is 0 Å². The third-order valence-electron chi connectivity index (χ3n) is 6.99. The zero-order valence-electron chi connectivity index (χ0n) is 20.0. The van der Waals surface area contributed by atoms with E-state index in [0.717, 1.165) is 59.6 Å². The Labute approximate surface area is 204 Å². The van der Waals surface area contributed by atoms with Crippen molar-refractivity contribution in [2.45, 2.75) is 19.8 Å². The van der Waals surface area contributed by atoms with E-state index in [9.17, 15) is 14.9 Å². The summed E-state index contributed by atoms with van der Waals surface area (Å²) < 4.78 is 1.55. The van der Waals surface area contributed by atoms with E-state index in [4.69, 9.17) is 0 Å². The zero-order chi connectivity index (χ0) is 24.5. The Kier molecular flexibility index (Phi) is 6.20. The number of hydrogen-bond acceptors (Lipinski definition) is 6. The molecule has 1 aromatic heterocycles. The number of nitriles is 1. The van der Waals surface area contributed by atoms with Crippen LogP contribution < -0.4 is 5.32 Å². The van der Waals surface area contributed by atoms with Crippen LogP contribution in [0.2, 0.25) is 0 Å². The van der Waals surface area contributed by atoms with Gasteiger partial charge in [0.2, 0.25) is 5.91 Å². The molecular weight excluding hydrogens is 440 g/mol. The van der Waals surface area contributed by atoms with Gasteiger partial charge in [-0.1, -0.05) is 24.3 Å². The van der Waals surface area contributed by atoms with Crippen LogP contribution in [0.25, 0.3) is 11.0 Å². The minimum absolute atomic E-state index is 0.0174. The van der Waals surface area contributed by atoms with Crippen molar-refractivity contribution in [3.05, 3.63) is 71.1 Å². The fraction of sp³-hybridized carbons (Fsp3) is 0.333. The van der Waals surface area contributed by atoms with Gasteiger partial charge in [0, 0.05) is 44.5 Å². The number of aromatic nitrogens is 2. The number of nitrogens with one attached hydrogen (secondary N) is 1. The van der Waals surface area contributed by atoms with Gasteiger partial charge in [-0.05, 0) is 48.7 Å². The summed E-state index contributed by atoms with van der Waals surface area (Å²) in [5.74, 6) is -0.229. The lowest BCUT2D eigenvalue weighted by molar-refractivity contribution is -0.117. The highest BCUT2D eigenvalue weighted by Gasteiger charge is 2.32. The number of amides is 1. The molecule has 8 nitrogen and oxygen atoms in total. The van der Waals surface area contributed by atoms with Gasteiger partial charge in [0.15, 0.2) is 0 Å². The van der Waals surface area contributed by atoms with E-state index in [0.29, 0.717) is 18.9 Å². The summed E-state index contributed by atoms with van der Waals surface area (Å²) in [6.07, 6.45) is 1.60. The van der Waals surface area contributed by atoms with Crippen LogP contribution in [0.3, 0.4) is 0 Å². The van der Waals surface area contributed by atoms with E-state index in [-0.39, 0.29) is 11.8 Å². The normalized spacial score (nSPS) is 18.7. The number of rotatable bonds is 5. The third kappa shape index (κ3) is 4.48. The van der Waals surface area contributed by atoms with Crippen molar-refractivity contribution >= 4 is 28.5 Å². The van der Waals surface area contributed by atoms with Crippen LogP contribution >= 0.6 is 0 Å². The zero-order valence-corrected chi connectivity index (χ0v) is 20.0. The molecule has 8 heteroatoms. The number of anilines is 1. The van der Waals surface area contributed by atoms with E-state index in [1.807, 2.05) is 56.3 Å². The van der Waals surface area contributed by atoms with Crippen molar-refractivity contribution < 1.29 is 9.59 Å². The van der Waals surface area contributed by atoms with Crippen LogP contribution in [0.5, 0.6) is 0 Å². The molecule has 3 aromatic rings. The fourth-order valence-electron chi connectivity index (χ4n) is 4.86. The summed E-state index contributed by atoms with van der Waals surface area (Å²) in [4.78, 5) is 34.5. The molecule has 3 heterocycles. The predicted octanol–water partition coefficient (Wildman–Crippen LogP) is 3.10. The molecule has 1 saturated heterocycles. The Morgan fingerprint density at radius 2 is 1.83 bits per heavy atom. The first kappa shape index (κ1) is 23.0. The fourth-order valence-corrected chi connectivity index (χ4v) is 4.86. The predicted molar refractivity (Wildman–Crippen MR) is 134 cm³/mol. The van der Waals surface area contributed by atoms with Crippen LogP contribution in [-0.4, -0.2) is 70.4 Å². The SMILES string of the molecule is Cc1cccc(NC(=O)CN2CCN(CC3=CC(=O)n4c(nc5ccccc54)[C@@H]3C#N)CC2)c1C. The van der Waals surface area contributed by atoms with E-state index < -0.39 is 5.92 Å². The third-order valence-corrected chi connectivity index (χ3v) is 6.99. The Morgan fingerprint density at radius 3 is 2.60 bits per heavy atom. The van der Waals surface area contributed by atoms with Crippen LogP contribution in [0.15, 0.2) is 54.1 Å². The molecule has 0 radical (unpaired) electrons. The molecule has 2 aromatic carbocycles. The number of hydrogen-bond donors (Lipinski definition) is 1. The number of carbonyl (C=O) groups excluding carboxylic acids is 2. The van der Waals surface area contributed by atoms with E-state index in [1.54, 1.807) is 10.6 Å². The Morgan fingerprint density at radius 1 is 1.09 bits per heavy atom. The molecule has 2 aliphatic rings. The molecule has 1 fully saturated rings. The molecule has 0 aliphatic carbocycles. The maximum atomic E-state index is 12.9. The lowest BCUT2D eigenvalue weighted by Crippen LogP contribution is -2.49. The first-order chi connectivity index (χ1) is 16.9.